The third kappa shape index (κ3) is 5.09. The summed E-state index contributed by atoms with van der Waals surface area (Å²) in [6.45, 7) is 1.84. The Morgan fingerprint density at radius 2 is 2.11 bits per heavy atom. The molecule has 2 aromatic heterocycles. The van der Waals surface area contributed by atoms with E-state index >= 15 is 0 Å². The molecule has 14 heteroatoms. The normalized spacial score (nSPS) is 13.6. The highest BCUT2D eigenvalue weighted by molar-refractivity contribution is 14.1. The maximum Gasteiger partial charge on any atom is 0.255 e. The van der Waals surface area contributed by atoms with Gasteiger partial charge in [0.25, 0.3) is 5.56 Å². The number of nitrogens with one attached hydrogen (secondary N) is 1. The summed E-state index contributed by atoms with van der Waals surface area (Å²) < 4.78 is 36.0. The quantitative estimate of drug-likeness (QED) is 0.312. The van der Waals surface area contributed by atoms with Crippen LogP contribution in [0.5, 0.6) is 0 Å². The number of amides is 1. The van der Waals surface area contributed by atoms with Crippen molar-refractivity contribution >= 4 is 67.9 Å². The molecule has 0 fully saturated rings. The molecule has 1 amide bonds. The fourth-order valence-corrected chi connectivity index (χ4v) is 6.50. The van der Waals surface area contributed by atoms with Gasteiger partial charge in [0.2, 0.25) is 15.9 Å². The van der Waals surface area contributed by atoms with Gasteiger partial charge >= 0.3 is 0 Å². The van der Waals surface area contributed by atoms with E-state index in [4.69, 9.17) is 2.51 Å². The first kappa shape index (κ1) is 25.6. The van der Waals surface area contributed by atoms with Gasteiger partial charge in [-0.1, -0.05) is 0 Å². The number of nitriles is 1. The van der Waals surface area contributed by atoms with E-state index in [0.29, 0.717) is 29.7 Å². The molecule has 184 valence electrons. The van der Waals surface area contributed by atoms with Gasteiger partial charge in [-0.3, -0.25) is 14.2 Å². The summed E-state index contributed by atoms with van der Waals surface area (Å²) in [5.41, 5.74) is 0.922. The average molecular weight is 628 g/mol. The highest BCUT2D eigenvalue weighted by Crippen LogP contribution is 2.33. The SMILES string of the molecule is Cc1cc(S(=O)(=O)N(C)CC(=O)Nc2cc(=O)n3c(n2)CCCC3)c2c(c1)cc(C#N)n2SOI. The lowest BCUT2D eigenvalue weighted by molar-refractivity contribution is -0.116. The Morgan fingerprint density at radius 1 is 1.34 bits per heavy atom. The number of sulfonamides is 1. The number of halogens is 1. The van der Waals surface area contributed by atoms with Crippen molar-refractivity contribution in [3.8, 4) is 6.07 Å². The molecule has 0 spiro atoms. The molecule has 0 saturated heterocycles. The number of benzene rings is 1. The number of anilines is 1. The van der Waals surface area contributed by atoms with E-state index in [9.17, 15) is 23.3 Å². The van der Waals surface area contributed by atoms with Crippen molar-refractivity contribution in [3.05, 3.63) is 51.7 Å². The van der Waals surface area contributed by atoms with E-state index < -0.39 is 22.5 Å². The van der Waals surface area contributed by atoms with Gasteiger partial charge in [-0.25, -0.2) is 19.9 Å². The molecule has 0 radical (unpaired) electrons. The van der Waals surface area contributed by atoms with Crippen LogP contribution in [0.25, 0.3) is 10.9 Å². The van der Waals surface area contributed by atoms with Gasteiger partial charge in [0, 0.05) is 31.5 Å². The Balaban J connectivity index is 1.63. The molecule has 0 aliphatic carbocycles. The molecule has 1 aromatic carbocycles. The first-order valence-corrected chi connectivity index (χ1v) is 13.6. The van der Waals surface area contributed by atoms with E-state index in [2.05, 4.69) is 10.3 Å². The van der Waals surface area contributed by atoms with Crippen molar-refractivity contribution in [1.82, 2.24) is 17.8 Å². The van der Waals surface area contributed by atoms with Crippen LogP contribution in [-0.2, 0) is 30.3 Å². The van der Waals surface area contributed by atoms with Crippen molar-refractivity contribution in [3.63, 3.8) is 0 Å². The number of aromatic nitrogens is 3. The van der Waals surface area contributed by atoms with E-state index in [-0.39, 0.29) is 27.5 Å². The molecule has 3 heterocycles. The molecule has 35 heavy (non-hydrogen) atoms. The number of nitrogens with zero attached hydrogens (tertiary/aromatic N) is 5. The molecular weight excluding hydrogens is 607 g/mol. The summed E-state index contributed by atoms with van der Waals surface area (Å²) >= 11 is 2.46. The second-order valence-corrected chi connectivity index (χ2v) is 11.8. The number of likely N-dealkylation sites (N-methyl/N-ethyl adjacent to an activating group) is 1. The zero-order valence-corrected chi connectivity index (χ0v) is 22.6. The van der Waals surface area contributed by atoms with Crippen LogP contribution in [0, 0.1) is 18.3 Å². The lowest BCUT2D eigenvalue weighted by Crippen LogP contribution is -2.36. The third-order valence-electron chi connectivity index (χ3n) is 5.62. The fourth-order valence-electron chi connectivity index (χ4n) is 4.04. The van der Waals surface area contributed by atoms with Crippen molar-refractivity contribution in [2.45, 2.75) is 37.6 Å². The Kier molecular flexibility index (Phi) is 7.52. The van der Waals surface area contributed by atoms with Gasteiger partial charge in [0.1, 0.15) is 63.5 Å². The Morgan fingerprint density at radius 3 is 2.83 bits per heavy atom. The molecular formula is C21H21IN6O5S2. The third-order valence-corrected chi connectivity index (χ3v) is 8.51. The van der Waals surface area contributed by atoms with Crippen molar-refractivity contribution in [2.24, 2.45) is 0 Å². The second-order valence-electron chi connectivity index (χ2n) is 8.09. The van der Waals surface area contributed by atoms with Gasteiger partial charge in [-0.05, 0) is 43.5 Å². The minimum Gasteiger partial charge on any atom is -0.309 e. The van der Waals surface area contributed by atoms with Crippen LogP contribution in [0.4, 0.5) is 5.82 Å². The lowest BCUT2D eigenvalue weighted by Gasteiger charge is -2.20. The van der Waals surface area contributed by atoms with Gasteiger partial charge in [-0.15, -0.1) is 0 Å². The molecule has 0 unspecified atom stereocenters. The Bertz CT molecular complexity index is 1530. The van der Waals surface area contributed by atoms with Crippen molar-refractivity contribution in [2.75, 3.05) is 18.9 Å². The zero-order valence-electron chi connectivity index (χ0n) is 18.8. The molecule has 11 nitrogen and oxygen atoms in total. The molecule has 0 saturated carbocycles. The average Bonchev–Trinajstić information content (AvgIpc) is 3.15. The predicted molar refractivity (Wildman–Crippen MR) is 139 cm³/mol. The molecule has 3 aromatic rings. The number of carbonyl (C=O) groups is 1. The van der Waals surface area contributed by atoms with Crippen molar-refractivity contribution < 1.29 is 15.7 Å². The summed E-state index contributed by atoms with van der Waals surface area (Å²) in [6.07, 6.45) is 2.45. The largest absolute Gasteiger partial charge is 0.309 e. The highest BCUT2D eigenvalue weighted by atomic mass is 127. The summed E-state index contributed by atoms with van der Waals surface area (Å²) in [7, 11) is -2.86. The zero-order chi connectivity index (χ0) is 25.3. The van der Waals surface area contributed by atoms with Crippen LogP contribution in [0.1, 0.15) is 29.9 Å². The standard InChI is InChI=1S/C21H21IN6O5S2/c1-13-7-14-9-15(11-23)28(34-33-22)21(14)16(8-13)35(31,32)26(2)12-19(29)25-17-10-20(30)27-6-4-3-5-18(27)24-17/h7-10H,3-6,12H2,1-2H3,(H,25,29). The number of fused-ring (bicyclic) bond motifs is 2. The molecule has 1 aliphatic rings. The fraction of sp³-hybridized carbons (Fsp3) is 0.333. The molecule has 0 atom stereocenters. The van der Waals surface area contributed by atoms with Crippen LogP contribution >= 0.6 is 35.2 Å². The van der Waals surface area contributed by atoms with E-state index in [1.54, 1.807) is 46.6 Å². The number of hydrogen-bond donors (Lipinski definition) is 1. The van der Waals surface area contributed by atoms with Crippen LogP contribution in [0.15, 0.2) is 34.0 Å². The van der Waals surface area contributed by atoms with Gasteiger partial charge in [0.15, 0.2) is 0 Å². The number of aryl methyl sites for hydroxylation is 2. The monoisotopic (exact) mass is 628 g/mol. The molecule has 1 N–H and O–H groups in total. The summed E-state index contributed by atoms with van der Waals surface area (Å²) in [4.78, 5) is 29.3. The second kappa shape index (κ2) is 10.3. The van der Waals surface area contributed by atoms with E-state index in [1.807, 2.05) is 6.07 Å². The first-order valence-electron chi connectivity index (χ1n) is 10.5. The first-order chi connectivity index (χ1) is 16.6. The van der Waals surface area contributed by atoms with Crippen LogP contribution in [0.3, 0.4) is 0 Å². The summed E-state index contributed by atoms with van der Waals surface area (Å²) in [6, 6.07) is 8.11. The smallest absolute Gasteiger partial charge is 0.255 e. The van der Waals surface area contributed by atoms with Gasteiger partial charge in [-0.2, -0.15) is 9.57 Å². The van der Waals surface area contributed by atoms with Crippen LogP contribution in [0.2, 0.25) is 0 Å². The van der Waals surface area contributed by atoms with Crippen LogP contribution < -0.4 is 10.9 Å². The number of hydrogen-bond acceptors (Lipinski definition) is 8. The number of rotatable bonds is 7. The molecule has 0 bridgehead atoms. The minimum atomic E-state index is -4.15. The highest BCUT2D eigenvalue weighted by Gasteiger charge is 2.28. The van der Waals surface area contributed by atoms with Crippen LogP contribution in [-0.4, -0.2) is 45.7 Å². The summed E-state index contributed by atoms with van der Waals surface area (Å²) in [5, 5.41) is 12.6. The Hall–Kier alpha value is -2.45. The summed E-state index contributed by atoms with van der Waals surface area (Å²) in [5.74, 6) is 0.0666. The van der Waals surface area contributed by atoms with Gasteiger partial charge in [0.05, 0.1) is 12.1 Å². The maximum absolute atomic E-state index is 13.5. The molecule has 1 aliphatic heterocycles. The molecule has 4 rings (SSSR count). The number of carbonyl (C=O) groups excluding carboxylic acids is 1. The topological polar surface area (TPSA) is 139 Å². The minimum absolute atomic E-state index is 0.0598. The van der Waals surface area contributed by atoms with Crippen molar-refractivity contribution in [1.29, 1.82) is 5.26 Å². The van der Waals surface area contributed by atoms with Gasteiger partial charge < -0.3 is 5.32 Å². The lowest BCUT2D eigenvalue weighted by atomic mass is 10.1. The Labute approximate surface area is 220 Å². The maximum atomic E-state index is 13.5. The predicted octanol–water partition coefficient (Wildman–Crippen LogP) is 2.75. The van der Waals surface area contributed by atoms with E-state index in [1.165, 1.54) is 23.2 Å². The van der Waals surface area contributed by atoms with E-state index in [0.717, 1.165) is 29.4 Å².